The quantitative estimate of drug-likeness (QED) is 0.294. The first kappa shape index (κ1) is 21.5. The predicted molar refractivity (Wildman–Crippen MR) is 94.5 cm³/mol. The fourth-order valence-electron chi connectivity index (χ4n) is 3.27. The van der Waals surface area contributed by atoms with E-state index in [4.69, 9.17) is 0 Å². The van der Waals surface area contributed by atoms with Crippen molar-refractivity contribution < 1.29 is 29.2 Å². The van der Waals surface area contributed by atoms with Crippen LogP contribution in [0.4, 0.5) is 4.39 Å². The van der Waals surface area contributed by atoms with Crippen LogP contribution in [0.15, 0.2) is 23.3 Å². The number of carbonyl (C=O) groups is 3. The van der Waals surface area contributed by atoms with Crippen LogP contribution in [0.25, 0.3) is 0 Å². The molecular formula is C18H25FN4O5. The van der Waals surface area contributed by atoms with Gasteiger partial charge in [-0.25, -0.2) is 9.45 Å². The van der Waals surface area contributed by atoms with Gasteiger partial charge in [0.25, 0.3) is 5.91 Å². The molecule has 1 saturated heterocycles. The van der Waals surface area contributed by atoms with E-state index < -0.39 is 23.7 Å². The molecule has 2 heterocycles. The Morgan fingerprint density at radius 1 is 1.46 bits per heavy atom. The molecule has 2 atom stereocenters. The molecule has 1 aliphatic heterocycles. The molecule has 1 aliphatic rings. The highest BCUT2D eigenvalue weighted by Gasteiger charge is 2.37. The Hall–Kier alpha value is -2.75. The van der Waals surface area contributed by atoms with Gasteiger partial charge in [0.15, 0.2) is 5.49 Å². The first-order chi connectivity index (χ1) is 13.4. The largest absolute Gasteiger partial charge is 0.427 e. The maximum absolute atomic E-state index is 13.1. The number of halogens is 1. The lowest BCUT2D eigenvalue weighted by atomic mass is 9.99. The van der Waals surface area contributed by atoms with Gasteiger partial charge >= 0.3 is 0 Å². The Morgan fingerprint density at radius 3 is 2.86 bits per heavy atom. The minimum absolute atomic E-state index is 0.143. The summed E-state index contributed by atoms with van der Waals surface area (Å²) in [5, 5.41) is 19.6. The van der Waals surface area contributed by atoms with E-state index in [0.717, 1.165) is 31.2 Å². The minimum Gasteiger partial charge on any atom is -0.427 e. The summed E-state index contributed by atoms with van der Waals surface area (Å²) in [5.74, 6) is -2.26. The van der Waals surface area contributed by atoms with E-state index in [9.17, 15) is 29.2 Å². The highest BCUT2D eigenvalue weighted by molar-refractivity contribution is 5.89. The summed E-state index contributed by atoms with van der Waals surface area (Å²) in [6.45, 7) is 2.18. The van der Waals surface area contributed by atoms with Gasteiger partial charge in [-0.05, 0) is 31.4 Å². The van der Waals surface area contributed by atoms with E-state index in [1.165, 1.54) is 4.90 Å². The van der Waals surface area contributed by atoms with Gasteiger partial charge in [-0.15, -0.1) is 0 Å². The van der Waals surface area contributed by atoms with E-state index >= 15 is 0 Å². The molecule has 0 radical (unpaired) electrons. The van der Waals surface area contributed by atoms with Gasteiger partial charge in [-0.1, -0.05) is 19.8 Å². The third-order valence-electron chi connectivity index (χ3n) is 4.70. The van der Waals surface area contributed by atoms with Gasteiger partial charge in [0.1, 0.15) is 11.9 Å². The number of nitrogens with zero attached hydrogens (tertiary/aromatic N) is 4. The molecule has 2 rings (SSSR count). The molecule has 0 spiro atoms. The van der Waals surface area contributed by atoms with E-state index in [-0.39, 0.29) is 24.3 Å². The third-order valence-corrected chi connectivity index (χ3v) is 4.70. The lowest BCUT2D eigenvalue weighted by molar-refractivity contribution is -0.157. The lowest BCUT2D eigenvalue weighted by Gasteiger charge is -2.28. The summed E-state index contributed by atoms with van der Waals surface area (Å²) in [6, 6.07) is 1.42. The molecular weight excluding hydrogens is 371 g/mol. The Bertz CT molecular complexity index is 781. The Morgan fingerprint density at radius 2 is 2.21 bits per heavy atom. The normalized spacial score (nSPS) is 18.2. The molecule has 2 N–H and O–H groups in total. The second-order valence-electron chi connectivity index (χ2n) is 6.76. The van der Waals surface area contributed by atoms with Crippen LogP contribution in [0, 0.1) is 11.7 Å². The fraction of sp³-hybridized carbons (Fsp3) is 0.556. The number of aromatic nitrogens is 1. The number of rotatable bonds is 8. The van der Waals surface area contributed by atoms with Crippen molar-refractivity contribution in [3.63, 3.8) is 0 Å². The average Bonchev–Trinajstić information content (AvgIpc) is 3.16. The summed E-state index contributed by atoms with van der Waals surface area (Å²) in [4.78, 5) is 41.5. The number of unbranched alkanes of at least 4 members (excludes halogenated alkanes) is 1. The number of pyridine rings is 1. The first-order valence-electron chi connectivity index (χ1n) is 9.24. The van der Waals surface area contributed by atoms with Crippen LogP contribution in [0.5, 0.6) is 0 Å². The topological polar surface area (TPSA) is 115 Å². The van der Waals surface area contributed by atoms with E-state index in [1.807, 2.05) is 6.92 Å². The van der Waals surface area contributed by atoms with Gasteiger partial charge < -0.3 is 10.1 Å². The summed E-state index contributed by atoms with van der Waals surface area (Å²) >= 11 is 0. The number of carbonyl (C=O) groups excluding carboxylic acids is 3. The number of amides is 3. The van der Waals surface area contributed by atoms with E-state index in [1.54, 1.807) is 0 Å². The lowest BCUT2D eigenvalue weighted by Crippen LogP contribution is -2.46. The molecule has 0 saturated carbocycles. The zero-order valence-electron chi connectivity index (χ0n) is 15.7. The number of likely N-dealkylation sites (tertiary alicyclic amines) is 1. The molecule has 10 heteroatoms. The minimum atomic E-state index is -0.801. The maximum atomic E-state index is 13.1. The zero-order chi connectivity index (χ0) is 20.7. The van der Waals surface area contributed by atoms with Crippen LogP contribution in [-0.4, -0.2) is 62.5 Å². The van der Waals surface area contributed by atoms with Crippen molar-refractivity contribution in [2.75, 3.05) is 13.1 Å². The maximum Gasteiger partial charge on any atom is 0.270 e. The SMILES string of the molecule is CCCC[C@H](CN(O)C=O)C(=O)N1CCC[C@H]1C(=O)N=c1ccc(F)cn1O. The highest BCUT2D eigenvalue weighted by atomic mass is 19.1. The molecule has 1 aromatic heterocycles. The van der Waals surface area contributed by atoms with Gasteiger partial charge in [0.2, 0.25) is 12.3 Å². The van der Waals surface area contributed by atoms with Gasteiger partial charge in [-0.2, -0.15) is 9.72 Å². The molecule has 0 aliphatic carbocycles. The van der Waals surface area contributed by atoms with Crippen LogP contribution in [-0.2, 0) is 14.4 Å². The van der Waals surface area contributed by atoms with Gasteiger partial charge in [-0.3, -0.25) is 19.6 Å². The standard InChI is InChI=1S/C18H25FN4O5/c1-2-3-5-13(10-21(27)12-24)18(26)22-9-4-6-15(22)17(25)20-16-8-7-14(19)11-23(16)28/h7-8,11-13,15,27-28H,2-6,9-10H2,1H3/t13-,15+/m1/s1. The first-order valence-corrected chi connectivity index (χ1v) is 9.24. The van der Waals surface area contributed by atoms with Crippen molar-refractivity contribution in [1.29, 1.82) is 0 Å². The molecule has 1 aromatic rings. The molecule has 1 fully saturated rings. The third kappa shape index (κ3) is 5.38. The molecule has 0 aromatic carbocycles. The number of hydrogen-bond donors (Lipinski definition) is 2. The zero-order valence-corrected chi connectivity index (χ0v) is 15.7. The van der Waals surface area contributed by atoms with Crippen molar-refractivity contribution in [3.05, 3.63) is 29.6 Å². The predicted octanol–water partition coefficient (Wildman–Crippen LogP) is 0.937. The van der Waals surface area contributed by atoms with Crippen molar-refractivity contribution in [3.8, 4) is 0 Å². The monoisotopic (exact) mass is 396 g/mol. The molecule has 154 valence electrons. The van der Waals surface area contributed by atoms with Crippen LogP contribution >= 0.6 is 0 Å². The van der Waals surface area contributed by atoms with Crippen LogP contribution < -0.4 is 5.49 Å². The van der Waals surface area contributed by atoms with E-state index in [0.29, 0.717) is 35.6 Å². The van der Waals surface area contributed by atoms with Crippen molar-refractivity contribution in [1.82, 2.24) is 14.7 Å². The van der Waals surface area contributed by atoms with Crippen molar-refractivity contribution >= 4 is 18.2 Å². The summed E-state index contributed by atoms with van der Waals surface area (Å²) in [5.41, 5.74) is -0.143. The van der Waals surface area contributed by atoms with Gasteiger partial charge in [0, 0.05) is 6.54 Å². The Labute approximate surface area is 161 Å². The Balaban J connectivity index is 2.20. The van der Waals surface area contributed by atoms with Crippen LogP contribution in [0.3, 0.4) is 0 Å². The summed E-state index contributed by atoms with van der Waals surface area (Å²) in [6.07, 6.45) is 4.09. The smallest absolute Gasteiger partial charge is 0.270 e. The second-order valence-corrected chi connectivity index (χ2v) is 6.76. The van der Waals surface area contributed by atoms with Crippen molar-refractivity contribution in [2.45, 2.75) is 45.1 Å². The summed E-state index contributed by atoms with van der Waals surface area (Å²) < 4.78 is 13.5. The van der Waals surface area contributed by atoms with Gasteiger partial charge in [0.05, 0.1) is 18.7 Å². The average molecular weight is 396 g/mol. The second kappa shape index (κ2) is 9.98. The molecule has 0 bridgehead atoms. The molecule has 28 heavy (non-hydrogen) atoms. The molecule has 9 nitrogen and oxygen atoms in total. The molecule has 0 unspecified atom stereocenters. The van der Waals surface area contributed by atoms with Crippen LogP contribution in [0.1, 0.15) is 39.0 Å². The highest BCUT2D eigenvalue weighted by Crippen LogP contribution is 2.23. The number of hydroxylamine groups is 2. The van der Waals surface area contributed by atoms with Crippen LogP contribution in [0.2, 0.25) is 0 Å². The fourth-order valence-corrected chi connectivity index (χ4v) is 3.27. The number of hydrogen-bond acceptors (Lipinski definition) is 5. The Kier molecular flexibility index (Phi) is 7.68. The summed E-state index contributed by atoms with van der Waals surface area (Å²) in [7, 11) is 0. The van der Waals surface area contributed by atoms with Crippen molar-refractivity contribution in [2.24, 2.45) is 10.9 Å². The molecule has 3 amide bonds. The van der Waals surface area contributed by atoms with E-state index in [2.05, 4.69) is 4.99 Å².